The number of aryl methyl sites for hydroxylation is 2. The molecule has 0 aliphatic rings. The maximum absolute atomic E-state index is 11.9. The third-order valence-electron chi connectivity index (χ3n) is 2.35. The number of hydrogen-bond donors (Lipinski definition) is 0. The second kappa shape index (κ2) is 7.38. The summed E-state index contributed by atoms with van der Waals surface area (Å²) in [6, 6.07) is 0. The van der Waals surface area contributed by atoms with Crippen molar-refractivity contribution < 1.29 is 9.63 Å². The molecule has 0 saturated carbocycles. The van der Waals surface area contributed by atoms with Crippen molar-refractivity contribution in [1.82, 2.24) is 0 Å². The van der Waals surface area contributed by atoms with Crippen LogP contribution < -0.4 is 4.90 Å². The molecule has 4 nitrogen and oxygen atoms in total. The van der Waals surface area contributed by atoms with Crippen LogP contribution in [0.5, 0.6) is 0 Å². The van der Waals surface area contributed by atoms with Crippen LogP contribution in [-0.2, 0) is 9.63 Å². The maximum atomic E-state index is 11.9. The average molecular weight is 289 g/mol. The van der Waals surface area contributed by atoms with Crippen molar-refractivity contribution in [3.05, 3.63) is 15.8 Å². The third-order valence-corrected chi connectivity index (χ3v) is 3.59. The van der Waals surface area contributed by atoms with Crippen LogP contribution in [0, 0.1) is 13.8 Å². The minimum absolute atomic E-state index is 0.0444. The van der Waals surface area contributed by atoms with Gasteiger partial charge in [-0.2, -0.15) is 0 Å². The monoisotopic (exact) mass is 288 g/mol. The fourth-order valence-corrected chi connectivity index (χ4v) is 2.59. The molecule has 6 heteroatoms. The Labute approximate surface area is 116 Å². The first-order valence-corrected chi connectivity index (χ1v) is 7.08. The van der Waals surface area contributed by atoms with Crippen LogP contribution in [0.15, 0.2) is 10.5 Å². The van der Waals surface area contributed by atoms with Crippen molar-refractivity contribution >= 4 is 40.7 Å². The summed E-state index contributed by atoms with van der Waals surface area (Å²) < 4.78 is 0. The topological polar surface area (TPSA) is 41.9 Å². The average Bonchev–Trinajstić information content (AvgIpc) is 2.69. The van der Waals surface area contributed by atoms with Crippen molar-refractivity contribution in [2.75, 3.05) is 23.9 Å². The fraction of sp³-hybridized carbons (Fsp3) is 0.500. The number of rotatable bonds is 6. The molecule has 0 atom stereocenters. The summed E-state index contributed by atoms with van der Waals surface area (Å²) in [6.45, 7) is 6.70. The molecule has 1 aromatic heterocycles. The van der Waals surface area contributed by atoms with Crippen LogP contribution in [-0.4, -0.2) is 31.2 Å². The lowest BCUT2D eigenvalue weighted by Crippen LogP contribution is -2.34. The molecule has 0 aliphatic heterocycles. The van der Waals surface area contributed by atoms with Gasteiger partial charge in [-0.1, -0.05) is 5.16 Å². The molecule has 0 fully saturated rings. The van der Waals surface area contributed by atoms with Gasteiger partial charge in [0, 0.05) is 4.88 Å². The lowest BCUT2D eigenvalue weighted by Gasteiger charge is -2.20. The van der Waals surface area contributed by atoms with Crippen LogP contribution in [0.4, 0.5) is 5.69 Å². The normalized spacial score (nSPS) is 10.9. The first-order chi connectivity index (χ1) is 8.61. The van der Waals surface area contributed by atoms with E-state index in [2.05, 4.69) is 5.16 Å². The van der Waals surface area contributed by atoms with E-state index in [9.17, 15) is 4.79 Å². The SMILES string of the molecule is CCON=CCN(C(=O)CCl)c1c(C)csc1C. The lowest BCUT2D eigenvalue weighted by atomic mass is 10.2. The number of amides is 1. The van der Waals surface area contributed by atoms with Gasteiger partial charge in [-0.15, -0.1) is 22.9 Å². The lowest BCUT2D eigenvalue weighted by molar-refractivity contribution is -0.116. The predicted molar refractivity (Wildman–Crippen MR) is 77.0 cm³/mol. The van der Waals surface area contributed by atoms with Crippen molar-refractivity contribution in [2.45, 2.75) is 20.8 Å². The highest BCUT2D eigenvalue weighted by molar-refractivity contribution is 7.10. The Hall–Kier alpha value is -1.07. The zero-order valence-electron chi connectivity index (χ0n) is 10.8. The van der Waals surface area contributed by atoms with Gasteiger partial charge in [0.2, 0.25) is 5.91 Å². The second-order valence-electron chi connectivity index (χ2n) is 3.67. The molecule has 0 bridgehead atoms. The van der Waals surface area contributed by atoms with Gasteiger partial charge in [-0.05, 0) is 31.7 Å². The number of carbonyl (C=O) groups excluding carboxylic acids is 1. The van der Waals surface area contributed by atoms with E-state index in [0.717, 1.165) is 16.1 Å². The quantitative estimate of drug-likeness (QED) is 0.459. The highest BCUT2D eigenvalue weighted by Gasteiger charge is 2.19. The van der Waals surface area contributed by atoms with Crippen molar-refractivity contribution in [3.63, 3.8) is 0 Å². The zero-order valence-corrected chi connectivity index (χ0v) is 12.3. The van der Waals surface area contributed by atoms with Gasteiger partial charge >= 0.3 is 0 Å². The molecule has 0 N–H and O–H groups in total. The van der Waals surface area contributed by atoms with Crippen molar-refractivity contribution in [2.24, 2.45) is 5.16 Å². The van der Waals surface area contributed by atoms with Crippen molar-refractivity contribution in [1.29, 1.82) is 0 Å². The number of oxime groups is 1. The molecule has 1 heterocycles. The molecule has 1 amide bonds. The summed E-state index contributed by atoms with van der Waals surface area (Å²) in [5.41, 5.74) is 1.99. The Balaban J connectivity index is 2.89. The number of anilines is 1. The first kappa shape index (κ1) is 15.0. The second-order valence-corrected chi connectivity index (χ2v) is 5.02. The summed E-state index contributed by atoms with van der Waals surface area (Å²) in [5.74, 6) is -0.179. The minimum atomic E-state index is -0.135. The highest BCUT2D eigenvalue weighted by Crippen LogP contribution is 2.30. The van der Waals surface area contributed by atoms with E-state index in [1.54, 1.807) is 22.5 Å². The maximum Gasteiger partial charge on any atom is 0.242 e. The minimum Gasteiger partial charge on any atom is -0.396 e. The molecule has 100 valence electrons. The van der Waals surface area contributed by atoms with E-state index in [-0.39, 0.29) is 11.8 Å². The summed E-state index contributed by atoms with van der Waals surface area (Å²) >= 11 is 7.26. The van der Waals surface area contributed by atoms with E-state index < -0.39 is 0 Å². The Morgan fingerprint density at radius 3 is 2.83 bits per heavy atom. The zero-order chi connectivity index (χ0) is 13.5. The fourth-order valence-electron chi connectivity index (χ4n) is 1.60. The smallest absolute Gasteiger partial charge is 0.242 e. The van der Waals surface area contributed by atoms with Gasteiger partial charge in [0.15, 0.2) is 0 Å². The number of nitrogens with zero attached hydrogens (tertiary/aromatic N) is 2. The van der Waals surface area contributed by atoms with Crippen LogP contribution in [0.3, 0.4) is 0 Å². The Morgan fingerprint density at radius 2 is 2.33 bits per heavy atom. The molecule has 0 saturated heterocycles. The number of alkyl halides is 1. The molecular formula is C12H17ClN2O2S. The van der Waals surface area contributed by atoms with Gasteiger partial charge in [0.25, 0.3) is 0 Å². The van der Waals surface area contributed by atoms with Gasteiger partial charge in [-0.25, -0.2) is 0 Å². The third kappa shape index (κ3) is 3.71. The predicted octanol–water partition coefficient (Wildman–Crippen LogP) is 2.96. The van der Waals surface area contributed by atoms with Crippen LogP contribution >= 0.6 is 22.9 Å². The van der Waals surface area contributed by atoms with E-state index in [0.29, 0.717) is 13.2 Å². The number of thiophene rings is 1. The van der Waals surface area contributed by atoms with E-state index in [1.165, 1.54) is 0 Å². The molecule has 0 unspecified atom stereocenters. The van der Waals surface area contributed by atoms with Crippen molar-refractivity contribution in [3.8, 4) is 0 Å². The van der Waals surface area contributed by atoms with Crippen LogP contribution in [0.1, 0.15) is 17.4 Å². The largest absolute Gasteiger partial charge is 0.396 e. The first-order valence-electron chi connectivity index (χ1n) is 5.66. The molecule has 0 aromatic carbocycles. The molecule has 18 heavy (non-hydrogen) atoms. The molecular weight excluding hydrogens is 272 g/mol. The Bertz CT molecular complexity index is 412. The van der Waals surface area contributed by atoms with Crippen LogP contribution in [0.25, 0.3) is 0 Å². The molecule has 1 rings (SSSR count). The molecule has 0 radical (unpaired) electrons. The van der Waals surface area contributed by atoms with E-state index in [1.807, 2.05) is 26.2 Å². The Morgan fingerprint density at radius 1 is 1.61 bits per heavy atom. The standard InChI is InChI=1S/C12H17ClN2O2S/c1-4-17-14-5-6-15(11(16)7-13)12-9(2)8-18-10(12)3/h5,8H,4,6-7H2,1-3H3. The molecule has 0 spiro atoms. The van der Waals surface area contributed by atoms with Gasteiger partial charge < -0.3 is 9.74 Å². The highest BCUT2D eigenvalue weighted by atomic mass is 35.5. The van der Waals surface area contributed by atoms with Gasteiger partial charge in [0.05, 0.1) is 18.4 Å². The number of carbonyl (C=O) groups is 1. The number of halogens is 1. The summed E-state index contributed by atoms with van der Waals surface area (Å²) in [4.78, 5) is 19.5. The Kier molecular flexibility index (Phi) is 6.15. The molecule has 1 aromatic rings. The number of hydrogen-bond acceptors (Lipinski definition) is 4. The van der Waals surface area contributed by atoms with Gasteiger partial charge in [0.1, 0.15) is 12.5 Å². The van der Waals surface area contributed by atoms with E-state index >= 15 is 0 Å². The summed E-state index contributed by atoms with van der Waals surface area (Å²) in [6.07, 6.45) is 1.57. The summed E-state index contributed by atoms with van der Waals surface area (Å²) in [5, 5.41) is 5.78. The summed E-state index contributed by atoms with van der Waals surface area (Å²) in [7, 11) is 0. The van der Waals surface area contributed by atoms with Crippen LogP contribution in [0.2, 0.25) is 0 Å². The van der Waals surface area contributed by atoms with Gasteiger partial charge in [-0.3, -0.25) is 4.79 Å². The van der Waals surface area contributed by atoms with E-state index in [4.69, 9.17) is 16.4 Å². The molecule has 0 aliphatic carbocycles.